The number of anilines is 2. The van der Waals surface area contributed by atoms with Crippen molar-refractivity contribution in [1.82, 2.24) is 0 Å². The molecule has 0 saturated carbocycles. The van der Waals surface area contributed by atoms with Crippen molar-refractivity contribution in [2.24, 2.45) is 0 Å². The minimum absolute atomic E-state index is 0.0167. The molecule has 0 spiro atoms. The third kappa shape index (κ3) is 6.55. The number of hydrogen-bond donors (Lipinski definition) is 0. The molecule has 10 heteroatoms. The van der Waals surface area contributed by atoms with Gasteiger partial charge in [-0.25, -0.2) is 0 Å². The van der Waals surface area contributed by atoms with Crippen LogP contribution in [0.15, 0.2) is 109 Å². The Balaban J connectivity index is 1.37. The van der Waals surface area contributed by atoms with Crippen LogP contribution in [0.1, 0.15) is 75.8 Å². The predicted octanol–water partition coefficient (Wildman–Crippen LogP) is 9.28. The predicted molar refractivity (Wildman–Crippen MR) is 205 cm³/mol. The SMILES string of the molecule is CC1=CC(C)(C)N(C(=O)C=Cc2ccc([N+](=O)[O-])cc2)c2cc(C3(C)CC(C)(C)N(C(=O)C=Cc4ccc([N+](=O)[O-])cc4)c4ccccc43)ccc21. The summed E-state index contributed by atoms with van der Waals surface area (Å²) in [6, 6.07) is 26.3. The first kappa shape index (κ1) is 35.7. The molecule has 0 saturated heterocycles. The summed E-state index contributed by atoms with van der Waals surface area (Å²) in [5.41, 5.74) is 5.02. The van der Waals surface area contributed by atoms with Gasteiger partial charge >= 0.3 is 0 Å². The molecule has 2 heterocycles. The Bertz CT molecular complexity index is 2200. The summed E-state index contributed by atoms with van der Waals surface area (Å²) < 4.78 is 0. The number of benzene rings is 4. The van der Waals surface area contributed by atoms with Crippen LogP contribution in [-0.2, 0) is 15.0 Å². The van der Waals surface area contributed by atoms with Gasteiger partial charge in [-0.05, 0) is 117 Å². The molecule has 0 radical (unpaired) electrons. The van der Waals surface area contributed by atoms with Crippen molar-refractivity contribution in [1.29, 1.82) is 0 Å². The second kappa shape index (κ2) is 13.2. The second-order valence-electron chi connectivity index (χ2n) is 14.8. The van der Waals surface area contributed by atoms with Gasteiger partial charge in [0.2, 0.25) is 0 Å². The van der Waals surface area contributed by atoms with Crippen LogP contribution in [0.5, 0.6) is 0 Å². The highest BCUT2D eigenvalue weighted by molar-refractivity contribution is 6.08. The summed E-state index contributed by atoms with van der Waals surface area (Å²) in [7, 11) is 0. The van der Waals surface area contributed by atoms with Gasteiger partial charge in [-0.1, -0.05) is 43.3 Å². The zero-order chi connectivity index (χ0) is 37.6. The number of nitro groups is 2. The maximum absolute atomic E-state index is 14.1. The summed E-state index contributed by atoms with van der Waals surface area (Å²) in [5, 5.41) is 22.2. The largest absolute Gasteiger partial charge is 0.303 e. The maximum Gasteiger partial charge on any atom is 0.269 e. The highest BCUT2D eigenvalue weighted by Crippen LogP contribution is 2.52. The Hall–Kier alpha value is -6.16. The van der Waals surface area contributed by atoms with Gasteiger partial charge in [0.15, 0.2) is 0 Å². The van der Waals surface area contributed by atoms with E-state index in [1.807, 2.05) is 57.7 Å². The van der Waals surface area contributed by atoms with Crippen molar-refractivity contribution in [2.75, 3.05) is 9.80 Å². The summed E-state index contributed by atoms with van der Waals surface area (Å²) in [6.07, 6.45) is 9.01. The van der Waals surface area contributed by atoms with E-state index in [9.17, 15) is 29.8 Å². The highest BCUT2D eigenvalue weighted by atomic mass is 16.6. The molecule has 6 rings (SSSR count). The van der Waals surface area contributed by atoms with E-state index < -0.39 is 26.3 Å². The molecule has 52 heavy (non-hydrogen) atoms. The van der Waals surface area contributed by atoms with Gasteiger partial charge in [-0.3, -0.25) is 34.7 Å². The molecule has 2 aliphatic rings. The lowest BCUT2D eigenvalue weighted by Gasteiger charge is -2.51. The standard InChI is InChI=1S/C42H40N4O6/c1-28-26-40(2,3)44(39(48)24-16-30-13-20-33(21-14-30)46(51)52)37-25-31(17-22-34(28)37)42(6)27-41(4,5)43(36-10-8-7-9-35(36)42)38(47)23-15-29-11-18-32(19-12-29)45(49)50/h7-26H,27H2,1-6H3. The normalized spacial score (nSPS) is 18.8. The summed E-state index contributed by atoms with van der Waals surface area (Å²) in [5.74, 6) is -0.431. The number of rotatable bonds is 7. The van der Waals surface area contributed by atoms with Crippen LogP contribution < -0.4 is 9.80 Å². The van der Waals surface area contributed by atoms with Crippen LogP contribution in [0.3, 0.4) is 0 Å². The molecule has 0 aromatic heterocycles. The van der Waals surface area contributed by atoms with E-state index in [0.29, 0.717) is 17.5 Å². The van der Waals surface area contributed by atoms with Crippen molar-refractivity contribution in [3.8, 4) is 0 Å². The minimum Gasteiger partial charge on any atom is -0.303 e. The van der Waals surface area contributed by atoms with E-state index in [2.05, 4.69) is 37.3 Å². The number of fused-ring (bicyclic) bond motifs is 2. The van der Waals surface area contributed by atoms with Gasteiger partial charge in [-0.2, -0.15) is 0 Å². The van der Waals surface area contributed by atoms with E-state index in [-0.39, 0.29) is 23.2 Å². The molecule has 0 bridgehead atoms. The zero-order valence-electron chi connectivity index (χ0n) is 30.0. The van der Waals surface area contributed by atoms with E-state index >= 15 is 0 Å². The first-order valence-electron chi connectivity index (χ1n) is 17.0. The fraction of sp³-hybridized carbons (Fsp3) is 0.238. The van der Waals surface area contributed by atoms with Crippen LogP contribution in [0.4, 0.5) is 22.7 Å². The van der Waals surface area contributed by atoms with Crippen LogP contribution in [0.2, 0.25) is 0 Å². The molecule has 2 amide bonds. The van der Waals surface area contributed by atoms with E-state index in [1.54, 1.807) is 41.3 Å². The van der Waals surface area contributed by atoms with Crippen LogP contribution >= 0.6 is 0 Å². The quantitative estimate of drug-likeness (QED) is 0.108. The molecule has 2 aliphatic heterocycles. The fourth-order valence-electron chi connectivity index (χ4n) is 7.85. The monoisotopic (exact) mass is 696 g/mol. The van der Waals surface area contributed by atoms with Crippen LogP contribution in [0.25, 0.3) is 17.7 Å². The molecule has 264 valence electrons. The maximum atomic E-state index is 14.1. The number of allylic oxidation sites excluding steroid dienone is 1. The lowest BCUT2D eigenvalue weighted by atomic mass is 9.65. The summed E-state index contributed by atoms with van der Waals surface area (Å²) >= 11 is 0. The Morgan fingerprint density at radius 2 is 1.21 bits per heavy atom. The number of carbonyl (C=O) groups excluding carboxylic acids is 2. The van der Waals surface area contributed by atoms with E-state index in [4.69, 9.17) is 0 Å². The number of non-ortho nitro benzene ring substituents is 2. The van der Waals surface area contributed by atoms with Gasteiger partial charge in [0.25, 0.3) is 23.2 Å². The number of carbonyl (C=O) groups is 2. The number of nitrogens with zero attached hydrogens (tertiary/aromatic N) is 4. The van der Waals surface area contributed by atoms with Crippen LogP contribution in [-0.4, -0.2) is 32.7 Å². The first-order chi connectivity index (χ1) is 24.5. The Labute approximate surface area is 302 Å². The van der Waals surface area contributed by atoms with Crippen molar-refractivity contribution < 1.29 is 19.4 Å². The van der Waals surface area contributed by atoms with Gasteiger partial charge < -0.3 is 4.90 Å². The number of para-hydroxylation sites is 1. The van der Waals surface area contributed by atoms with Crippen LogP contribution in [0, 0.1) is 20.2 Å². The topological polar surface area (TPSA) is 127 Å². The van der Waals surface area contributed by atoms with E-state index in [0.717, 1.165) is 33.6 Å². The lowest BCUT2D eigenvalue weighted by Crippen LogP contribution is -2.55. The summed E-state index contributed by atoms with van der Waals surface area (Å²) in [6.45, 7) is 12.3. The van der Waals surface area contributed by atoms with Gasteiger partial charge in [-0.15, -0.1) is 0 Å². The van der Waals surface area contributed by atoms with Gasteiger partial charge in [0.05, 0.1) is 21.1 Å². The first-order valence-corrected chi connectivity index (χ1v) is 17.0. The molecular formula is C42H40N4O6. The Morgan fingerprint density at radius 1 is 0.692 bits per heavy atom. The van der Waals surface area contributed by atoms with E-state index in [1.165, 1.54) is 36.4 Å². The molecule has 4 aromatic rings. The third-order valence-corrected chi connectivity index (χ3v) is 10.1. The number of amides is 2. The third-order valence-electron chi connectivity index (χ3n) is 10.1. The number of nitro benzene ring substituents is 2. The van der Waals surface area contributed by atoms with Crippen molar-refractivity contribution in [3.05, 3.63) is 157 Å². The molecule has 4 aromatic carbocycles. The smallest absolute Gasteiger partial charge is 0.269 e. The van der Waals surface area contributed by atoms with Crippen molar-refractivity contribution in [3.63, 3.8) is 0 Å². The molecule has 1 unspecified atom stereocenters. The molecular weight excluding hydrogens is 656 g/mol. The van der Waals surface area contributed by atoms with Crippen molar-refractivity contribution >= 4 is 52.3 Å². The number of hydrogen-bond acceptors (Lipinski definition) is 6. The minimum atomic E-state index is -0.656. The molecule has 1 atom stereocenters. The molecule has 0 fully saturated rings. The fourth-order valence-corrected chi connectivity index (χ4v) is 7.85. The Morgan fingerprint density at radius 3 is 1.75 bits per heavy atom. The van der Waals surface area contributed by atoms with Crippen molar-refractivity contribution in [2.45, 2.75) is 64.5 Å². The lowest BCUT2D eigenvalue weighted by molar-refractivity contribution is -0.385. The zero-order valence-corrected chi connectivity index (χ0v) is 30.0. The Kier molecular flexibility index (Phi) is 9.04. The summed E-state index contributed by atoms with van der Waals surface area (Å²) in [4.78, 5) is 52.9. The molecule has 0 N–H and O–H groups in total. The second-order valence-corrected chi connectivity index (χ2v) is 14.8. The molecule has 0 aliphatic carbocycles. The van der Waals surface area contributed by atoms with Gasteiger partial charge in [0.1, 0.15) is 0 Å². The average molecular weight is 697 g/mol. The molecule has 10 nitrogen and oxygen atoms in total. The average Bonchev–Trinajstić information content (AvgIpc) is 3.09. The van der Waals surface area contributed by atoms with Gasteiger partial charge in [0, 0.05) is 58.6 Å². The highest BCUT2D eigenvalue weighted by Gasteiger charge is 2.48.